The largest absolute Gasteiger partial charge is 0.508 e. The Hall–Kier alpha value is -2.87. The molecule has 0 aliphatic carbocycles. The Bertz CT molecular complexity index is 990. The molecule has 114 valence electrons. The zero-order valence-electron chi connectivity index (χ0n) is 11.0. The Morgan fingerprint density at radius 1 is 0.818 bits per heavy atom. The molecular weight excluding hydrogens is 310 g/mol. The van der Waals surface area contributed by atoms with Crippen LogP contribution < -0.4 is 0 Å². The second kappa shape index (κ2) is 4.57. The highest BCUT2D eigenvalue weighted by Crippen LogP contribution is 2.33. The second-order valence-electron chi connectivity index (χ2n) is 4.71. The van der Waals surface area contributed by atoms with E-state index in [9.17, 15) is 28.8 Å². The molecule has 0 amide bonds. The summed E-state index contributed by atoms with van der Waals surface area (Å²) in [4.78, 5) is -0.394. The third-order valence-electron chi connectivity index (χ3n) is 3.20. The highest BCUT2D eigenvalue weighted by molar-refractivity contribution is 7.90. The van der Waals surface area contributed by atoms with Crippen molar-refractivity contribution in [1.29, 1.82) is 0 Å². The average molecular weight is 321 g/mol. The molecule has 1 aromatic heterocycles. The Morgan fingerprint density at radius 3 is 2.18 bits per heavy atom. The number of hydrogen-bond donors (Lipinski definition) is 4. The van der Waals surface area contributed by atoms with E-state index in [1.54, 1.807) is 0 Å². The average Bonchev–Trinajstić information content (AvgIpc) is 2.83. The highest BCUT2D eigenvalue weighted by atomic mass is 32.2. The fraction of sp³-hybridized carbons (Fsp3) is 0. The van der Waals surface area contributed by atoms with Crippen molar-refractivity contribution in [2.75, 3.05) is 0 Å². The van der Waals surface area contributed by atoms with Crippen LogP contribution in [0.3, 0.4) is 0 Å². The van der Waals surface area contributed by atoms with E-state index in [1.165, 1.54) is 18.5 Å². The minimum absolute atomic E-state index is 0.201. The number of aromatic nitrogens is 1. The van der Waals surface area contributed by atoms with Crippen LogP contribution in [0.4, 0.5) is 0 Å². The van der Waals surface area contributed by atoms with Gasteiger partial charge in [-0.3, -0.25) is 0 Å². The molecule has 7 nitrogen and oxygen atoms in total. The molecule has 3 aromatic rings. The normalized spacial score (nSPS) is 11.8. The monoisotopic (exact) mass is 321 g/mol. The summed E-state index contributed by atoms with van der Waals surface area (Å²) in [6.07, 6.45) is 2.38. The van der Waals surface area contributed by atoms with Crippen molar-refractivity contribution in [3.63, 3.8) is 0 Å². The lowest BCUT2D eigenvalue weighted by Gasteiger charge is -2.07. The number of phenols is 4. The van der Waals surface area contributed by atoms with Gasteiger partial charge >= 0.3 is 0 Å². The molecule has 1 heterocycles. The van der Waals surface area contributed by atoms with Gasteiger partial charge in [-0.25, -0.2) is 12.4 Å². The van der Waals surface area contributed by atoms with Crippen LogP contribution in [-0.2, 0) is 10.0 Å². The molecule has 0 unspecified atom stereocenters. The fourth-order valence-electron chi connectivity index (χ4n) is 2.17. The van der Waals surface area contributed by atoms with Gasteiger partial charge in [-0.15, -0.1) is 0 Å². The fourth-order valence-corrected chi connectivity index (χ4v) is 3.46. The maximum Gasteiger partial charge on any atom is 0.271 e. The minimum atomic E-state index is -4.12. The van der Waals surface area contributed by atoms with Gasteiger partial charge in [0.25, 0.3) is 10.0 Å². The lowest BCUT2D eigenvalue weighted by Crippen LogP contribution is -2.10. The summed E-state index contributed by atoms with van der Waals surface area (Å²) in [5.74, 6) is -1.33. The second-order valence-corrected chi connectivity index (χ2v) is 6.52. The summed E-state index contributed by atoms with van der Waals surface area (Å²) < 4.78 is 25.8. The van der Waals surface area contributed by atoms with Gasteiger partial charge in [0.15, 0.2) is 0 Å². The van der Waals surface area contributed by atoms with Crippen molar-refractivity contribution in [3.8, 4) is 23.0 Å². The van der Waals surface area contributed by atoms with Gasteiger partial charge in [0.05, 0.1) is 0 Å². The number of hydrogen-bond acceptors (Lipinski definition) is 6. The topological polar surface area (TPSA) is 120 Å². The summed E-state index contributed by atoms with van der Waals surface area (Å²) in [5, 5.41) is 38.7. The quantitative estimate of drug-likeness (QED) is 0.570. The Balaban J connectivity index is 2.23. The van der Waals surface area contributed by atoms with Crippen molar-refractivity contribution in [3.05, 3.63) is 42.7 Å². The van der Waals surface area contributed by atoms with Crippen LogP contribution in [0.25, 0.3) is 10.8 Å². The van der Waals surface area contributed by atoms with Crippen LogP contribution in [0.5, 0.6) is 23.0 Å². The van der Waals surface area contributed by atoms with Crippen LogP contribution >= 0.6 is 0 Å². The summed E-state index contributed by atoms with van der Waals surface area (Å²) in [7, 11) is -4.12. The Kier molecular flexibility index (Phi) is 2.92. The van der Waals surface area contributed by atoms with Crippen molar-refractivity contribution in [1.82, 2.24) is 3.97 Å². The zero-order chi connectivity index (χ0) is 16.1. The van der Waals surface area contributed by atoms with Crippen LogP contribution in [0.1, 0.15) is 0 Å². The van der Waals surface area contributed by atoms with Gasteiger partial charge in [-0.05, 0) is 18.2 Å². The van der Waals surface area contributed by atoms with Crippen LogP contribution in [0.15, 0.2) is 47.6 Å². The highest BCUT2D eigenvalue weighted by Gasteiger charge is 2.22. The van der Waals surface area contributed by atoms with E-state index in [2.05, 4.69) is 0 Å². The van der Waals surface area contributed by atoms with E-state index in [0.717, 1.165) is 28.2 Å². The molecule has 0 saturated carbocycles. The molecule has 0 bridgehead atoms. The van der Waals surface area contributed by atoms with Crippen LogP contribution in [0, 0.1) is 0 Å². The molecule has 0 radical (unpaired) electrons. The SMILES string of the molecule is O=S(=O)(c1ccc(O)cc1O)n1cc2cc(O)cc(O)c2c1. The maximum atomic E-state index is 12.5. The first-order valence-electron chi connectivity index (χ1n) is 6.10. The molecule has 0 aliphatic rings. The van der Waals surface area contributed by atoms with E-state index < -0.39 is 20.7 Å². The van der Waals surface area contributed by atoms with E-state index in [0.29, 0.717) is 5.39 Å². The Morgan fingerprint density at radius 2 is 1.50 bits per heavy atom. The number of nitrogens with zero attached hydrogens (tertiary/aromatic N) is 1. The van der Waals surface area contributed by atoms with Crippen molar-refractivity contribution < 1.29 is 28.8 Å². The molecule has 22 heavy (non-hydrogen) atoms. The van der Waals surface area contributed by atoms with Gasteiger partial charge in [-0.2, -0.15) is 0 Å². The lowest BCUT2D eigenvalue weighted by atomic mass is 10.2. The molecule has 0 spiro atoms. The number of fused-ring (bicyclic) bond motifs is 1. The predicted octanol–water partition coefficient (Wildman–Crippen LogP) is 1.70. The van der Waals surface area contributed by atoms with E-state index in [1.807, 2.05) is 0 Å². The minimum Gasteiger partial charge on any atom is -0.508 e. The molecule has 0 aliphatic heterocycles. The first kappa shape index (κ1) is 14.1. The van der Waals surface area contributed by atoms with Gasteiger partial charge in [0, 0.05) is 35.3 Å². The standard InChI is InChI=1S/C14H11NO6S/c16-9-1-2-14(13(19)4-9)22(20,21)15-6-8-3-10(17)5-12(18)11(8)7-15/h1-7,16-19H. The third-order valence-corrected chi connectivity index (χ3v) is 4.86. The molecule has 3 rings (SSSR count). The predicted molar refractivity (Wildman–Crippen MR) is 77.6 cm³/mol. The third kappa shape index (κ3) is 2.09. The van der Waals surface area contributed by atoms with Crippen LogP contribution in [0.2, 0.25) is 0 Å². The Labute approximate surface area is 125 Å². The van der Waals surface area contributed by atoms with Crippen LogP contribution in [-0.4, -0.2) is 32.8 Å². The molecule has 0 saturated heterocycles. The maximum absolute atomic E-state index is 12.5. The smallest absolute Gasteiger partial charge is 0.271 e. The number of aromatic hydroxyl groups is 4. The molecule has 8 heteroatoms. The summed E-state index contributed by atoms with van der Waals surface area (Å²) in [6.45, 7) is 0. The summed E-state index contributed by atoms with van der Waals surface area (Å²) >= 11 is 0. The van der Waals surface area contributed by atoms with Crippen molar-refractivity contribution >= 4 is 20.8 Å². The molecular formula is C14H11NO6S. The number of benzene rings is 2. The lowest BCUT2D eigenvalue weighted by molar-refractivity contribution is 0.439. The molecule has 4 N–H and O–H groups in total. The molecule has 0 atom stereocenters. The number of phenolic OH excluding ortho intramolecular Hbond substituents is 4. The summed E-state index contributed by atoms with van der Waals surface area (Å²) in [6, 6.07) is 5.52. The van der Waals surface area contributed by atoms with E-state index in [-0.39, 0.29) is 22.6 Å². The first-order valence-corrected chi connectivity index (χ1v) is 7.54. The molecule has 2 aromatic carbocycles. The van der Waals surface area contributed by atoms with Crippen molar-refractivity contribution in [2.45, 2.75) is 4.90 Å². The summed E-state index contributed by atoms with van der Waals surface area (Å²) in [5.41, 5.74) is 0. The van der Waals surface area contributed by atoms with E-state index >= 15 is 0 Å². The molecule has 0 fully saturated rings. The van der Waals surface area contributed by atoms with Gasteiger partial charge in [0.2, 0.25) is 0 Å². The first-order chi connectivity index (χ1) is 10.3. The van der Waals surface area contributed by atoms with Gasteiger partial charge < -0.3 is 20.4 Å². The zero-order valence-corrected chi connectivity index (χ0v) is 11.8. The van der Waals surface area contributed by atoms with Gasteiger partial charge in [-0.1, -0.05) is 0 Å². The van der Waals surface area contributed by atoms with Crippen molar-refractivity contribution in [2.24, 2.45) is 0 Å². The van der Waals surface area contributed by atoms with Gasteiger partial charge in [0.1, 0.15) is 27.9 Å². The van der Waals surface area contributed by atoms with E-state index in [4.69, 9.17) is 0 Å². The number of rotatable bonds is 2.